The van der Waals surface area contributed by atoms with Gasteiger partial charge in [0.25, 0.3) is 0 Å². The second kappa shape index (κ2) is 8.70. The van der Waals surface area contributed by atoms with Gasteiger partial charge in [-0.05, 0) is 30.3 Å². The summed E-state index contributed by atoms with van der Waals surface area (Å²) in [5.41, 5.74) is 1.15. The van der Waals surface area contributed by atoms with Crippen LogP contribution in [0.5, 0.6) is 5.75 Å². The molecule has 3 aromatic rings. The van der Waals surface area contributed by atoms with Crippen molar-refractivity contribution in [1.29, 1.82) is 16.2 Å². The zero-order valence-corrected chi connectivity index (χ0v) is 16.6. The Kier molecular flexibility index (Phi) is 6.08. The maximum Gasteiger partial charge on any atom is 0.171 e. The fraction of sp³-hybridized carbons (Fsp3) is 0.100. The minimum Gasteiger partial charge on any atom is -0.496 e. The van der Waals surface area contributed by atoms with E-state index in [-0.39, 0.29) is 5.17 Å². The van der Waals surface area contributed by atoms with Crippen LogP contribution in [-0.4, -0.2) is 35.1 Å². The monoisotopic (exact) mass is 410 g/mol. The summed E-state index contributed by atoms with van der Waals surface area (Å²) < 4.78 is 20.8. The highest BCUT2D eigenvalue weighted by molar-refractivity contribution is 8.13. The molecular formula is C20H19FN6OS. The first-order valence-electron chi connectivity index (χ1n) is 8.53. The van der Waals surface area contributed by atoms with E-state index in [0.29, 0.717) is 16.9 Å². The van der Waals surface area contributed by atoms with Crippen molar-refractivity contribution < 1.29 is 9.13 Å². The van der Waals surface area contributed by atoms with E-state index in [2.05, 4.69) is 10.3 Å². The summed E-state index contributed by atoms with van der Waals surface area (Å²) in [5.74, 6) is -0.111. The molecule has 0 radical (unpaired) electrons. The number of halogens is 1. The predicted octanol–water partition coefficient (Wildman–Crippen LogP) is 3.45. The van der Waals surface area contributed by atoms with Crippen LogP contribution in [0.3, 0.4) is 0 Å². The zero-order valence-electron chi connectivity index (χ0n) is 15.8. The lowest BCUT2D eigenvalue weighted by Gasteiger charge is -2.12. The molecule has 4 N–H and O–H groups in total. The highest BCUT2D eigenvalue weighted by atomic mass is 32.2. The number of rotatable bonds is 5. The number of allylic oxidation sites excluding steroid dienone is 1. The summed E-state index contributed by atoms with van der Waals surface area (Å²) in [6, 6.07) is 8.40. The summed E-state index contributed by atoms with van der Waals surface area (Å²) in [4.78, 5) is 5.02. The Hall–Kier alpha value is -3.46. The number of hydrogen-bond acceptors (Lipinski definition) is 7. The van der Waals surface area contributed by atoms with E-state index in [4.69, 9.17) is 21.0 Å². The van der Waals surface area contributed by atoms with E-state index >= 15 is 0 Å². The van der Waals surface area contributed by atoms with E-state index in [1.165, 1.54) is 12.3 Å². The SMILES string of the molecule is CN/C=C(\C=N)c1cc(F)c(=N)n(C(=N)Sc2ccc3nccc(OC)c3c2)c1. The number of hydrogen-bond donors (Lipinski definition) is 4. The van der Waals surface area contributed by atoms with Crippen LogP contribution in [0.4, 0.5) is 4.39 Å². The summed E-state index contributed by atoms with van der Waals surface area (Å²) in [6.45, 7) is 0. The van der Waals surface area contributed by atoms with Crippen molar-refractivity contribution in [3.05, 3.63) is 65.8 Å². The van der Waals surface area contributed by atoms with Gasteiger partial charge in [-0.25, -0.2) is 4.39 Å². The van der Waals surface area contributed by atoms with Crippen LogP contribution in [0.25, 0.3) is 16.5 Å². The Bertz CT molecular complexity index is 1190. The number of ether oxygens (including phenoxy) is 1. The van der Waals surface area contributed by atoms with Gasteiger partial charge in [0.1, 0.15) is 5.75 Å². The van der Waals surface area contributed by atoms with Crippen molar-refractivity contribution in [2.75, 3.05) is 14.2 Å². The van der Waals surface area contributed by atoms with Crippen molar-refractivity contribution in [1.82, 2.24) is 14.9 Å². The molecule has 0 aliphatic heterocycles. The third-order valence-corrected chi connectivity index (χ3v) is 5.01. The van der Waals surface area contributed by atoms with Crippen LogP contribution in [0.1, 0.15) is 5.56 Å². The van der Waals surface area contributed by atoms with Gasteiger partial charge in [0.15, 0.2) is 16.5 Å². The molecule has 148 valence electrons. The van der Waals surface area contributed by atoms with Gasteiger partial charge in [0.2, 0.25) is 0 Å². The van der Waals surface area contributed by atoms with Crippen molar-refractivity contribution in [2.45, 2.75) is 4.90 Å². The Morgan fingerprint density at radius 3 is 2.79 bits per heavy atom. The van der Waals surface area contributed by atoms with Crippen molar-refractivity contribution in [2.24, 2.45) is 0 Å². The third-order valence-electron chi connectivity index (χ3n) is 4.13. The summed E-state index contributed by atoms with van der Waals surface area (Å²) in [5, 5.41) is 27.5. The van der Waals surface area contributed by atoms with Crippen molar-refractivity contribution >= 4 is 39.6 Å². The smallest absolute Gasteiger partial charge is 0.171 e. The number of nitrogens with one attached hydrogen (secondary N) is 4. The quantitative estimate of drug-likeness (QED) is 0.293. The molecule has 0 fully saturated rings. The van der Waals surface area contributed by atoms with Crippen LogP contribution in [0.2, 0.25) is 0 Å². The second-order valence-electron chi connectivity index (χ2n) is 5.93. The average molecular weight is 410 g/mol. The van der Waals surface area contributed by atoms with Gasteiger partial charge in [-0.1, -0.05) is 11.8 Å². The van der Waals surface area contributed by atoms with Gasteiger partial charge in [-0.2, -0.15) is 0 Å². The first-order chi connectivity index (χ1) is 14.0. The molecule has 0 spiro atoms. The molecule has 29 heavy (non-hydrogen) atoms. The molecule has 0 bridgehead atoms. The van der Waals surface area contributed by atoms with Crippen LogP contribution in [-0.2, 0) is 0 Å². The number of fused-ring (bicyclic) bond motifs is 1. The minimum atomic E-state index is -0.777. The van der Waals surface area contributed by atoms with Crippen molar-refractivity contribution in [3.8, 4) is 5.75 Å². The van der Waals surface area contributed by atoms with Gasteiger partial charge >= 0.3 is 0 Å². The molecule has 0 amide bonds. The Morgan fingerprint density at radius 1 is 1.31 bits per heavy atom. The molecule has 7 nitrogen and oxygen atoms in total. The molecule has 0 atom stereocenters. The number of nitrogens with zero attached hydrogens (tertiary/aromatic N) is 2. The molecule has 0 aliphatic rings. The van der Waals surface area contributed by atoms with E-state index in [9.17, 15) is 4.39 Å². The number of methoxy groups -OCH3 is 1. The molecule has 2 aromatic heterocycles. The molecule has 2 heterocycles. The van der Waals surface area contributed by atoms with E-state index in [1.807, 2.05) is 18.2 Å². The fourth-order valence-electron chi connectivity index (χ4n) is 2.75. The molecule has 9 heteroatoms. The van der Waals surface area contributed by atoms with Gasteiger partial charge in [0.05, 0.1) is 12.6 Å². The van der Waals surface area contributed by atoms with E-state index < -0.39 is 11.3 Å². The lowest BCUT2D eigenvalue weighted by Crippen LogP contribution is -2.27. The molecule has 0 saturated carbocycles. The Balaban J connectivity index is 2.00. The first kappa shape index (κ1) is 20.3. The number of pyridine rings is 2. The third kappa shape index (κ3) is 4.19. The van der Waals surface area contributed by atoms with Gasteiger partial charge in [-0.3, -0.25) is 20.4 Å². The van der Waals surface area contributed by atoms with Gasteiger partial charge < -0.3 is 15.5 Å². The van der Waals surface area contributed by atoms with Crippen LogP contribution in [0.15, 0.2) is 53.8 Å². The largest absolute Gasteiger partial charge is 0.496 e. The average Bonchev–Trinajstić information content (AvgIpc) is 2.73. The van der Waals surface area contributed by atoms with Crippen LogP contribution in [0, 0.1) is 22.0 Å². The Labute approximate surface area is 170 Å². The van der Waals surface area contributed by atoms with Gasteiger partial charge in [0, 0.05) is 53.3 Å². The van der Waals surface area contributed by atoms with Crippen LogP contribution >= 0.6 is 11.8 Å². The predicted molar refractivity (Wildman–Crippen MR) is 113 cm³/mol. The highest BCUT2D eigenvalue weighted by Gasteiger charge is 2.12. The number of aromatic nitrogens is 2. The first-order valence-corrected chi connectivity index (χ1v) is 9.34. The number of benzene rings is 1. The van der Waals surface area contributed by atoms with E-state index in [1.54, 1.807) is 32.6 Å². The second-order valence-corrected chi connectivity index (χ2v) is 6.99. The maximum absolute atomic E-state index is 14.3. The zero-order chi connectivity index (χ0) is 21.0. The lowest BCUT2D eigenvalue weighted by molar-refractivity contribution is 0.419. The summed E-state index contributed by atoms with van der Waals surface area (Å²) in [7, 11) is 3.25. The maximum atomic E-state index is 14.3. The summed E-state index contributed by atoms with van der Waals surface area (Å²) in [6.07, 6.45) is 5.76. The summed E-state index contributed by atoms with van der Waals surface area (Å²) >= 11 is 1.08. The molecular weight excluding hydrogens is 391 g/mol. The van der Waals surface area contributed by atoms with Crippen molar-refractivity contribution in [3.63, 3.8) is 0 Å². The molecule has 0 aliphatic carbocycles. The minimum absolute atomic E-state index is 0.0493. The number of thioether (sulfide) groups is 1. The van der Waals surface area contributed by atoms with E-state index in [0.717, 1.165) is 38.3 Å². The molecule has 1 aromatic carbocycles. The van der Waals surface area contributed by atoms with Crippen LogP contribution < -0.4 is 15.5 Å². The topological polar surface area (TPSA) is 111 Å². The molecule has 0 saturated heterocycles. The normalized spacial score (nSPS) is 11.3. The lowest BCUT2D eigenvalue weighted by atomic mass is 10.1. The fourth-order valence-corrected chi connectivity index (χ4v) is 3.52. The standard InChI is InChI=1S/C20H19FN6OS/c1-25-10-13(9-22)12-7-16(21)19(23)27(11-12)20(24)29-14-3-4-17-15(8-14)18(28-2)5-6-26-17/h3-11,22-25H,1-2H3/b13-10+,22-9?,23-19?,24-20?. The molecule has 3 rings (SSSR count). The Morgan fingerprint density at radius 2 is 2.10 bits per heavy atom. The highest BCUT2D eigenvalue weighted by Crippen LogP contribution is 2.29. The van der Waals surface area contributed by atoms with Gasteiger partial charge in [-0.15, -0.1) is 0 Å². The molecule has 0 unspecified atom stereocenters.